The van der Waals surface area contributed by atoms with Gasteiger partial charge in [-0.15, -0.1) is 22.7 Å². The fourth-order valence-electron chi connectivity index (χ4n) is 1.86. The van der Waals surface area contributed by atoms with Crippen LogP contribution in [0.3, 0.4) is 0 Å². The lowest BCUT2D eigenvalue weighted by Gasteiger charge is -2.16. The zero-order valence-electron chi connectivity index (χ0n) is 11.8. The minimum atomic E-state index is 0.0420. The summed E-state index contributed by atoms with van der Waals surface area (Å²) >= 11 is 3.51. The zero-order chi connectivity index (χ0) is 14.4. The van der Waals surface area contributed by atoms with Crippen LogP contribution in [0.15, 0.2) is 35.0 Å². The van der Waals surface area contributed by atoms with Crippen molar-refractivity contribution in [3.8, 4) is 0 Å². The van der Waals surface area contributed by atoms with Crippen LogP contribution in [0.2, 0.25) is 0 Å². The quantitative estimate of drug-likeness (QED) is 0.771. The minimum absolute atomic E-state index is 0.0420. The molecule has 2 heterocycles. The Hall–Kier alpha value is -1.17. The van der Waals surface area contributed by atoms with Gasteiger partial charge in [0.1, 0.15) is 0 Å². The van der Waals surface area contributed by atoms with Gasteiger partial charge in [-0.25, -0.2) is 0 Å². The molecule has 0 bridgehead atoms. The van der Waals surface area contributed by atoms with Gasteiger partial charge in [-0.1, -0.05) is 26.0 Å². The predicted octanol–water partition coefficient (Wildman–Crippen LogP) is 3.26. The lowest BCUT2D eigenvalue weighted by molar-refractivity contribution is -0.123. The fourth-order valence-corrected chi connectivity index (χ4v) is 3.57. The van der Waals surface area contributed by atoms with Crippen molar-refractivity contribution in [3.05, 3.63) is 44.8 Å². The van der Waals surface area contributed by atoms with Crippen molar-refractivity contribution in [2.75, 3.05) is 13.1 Å². The van der Waals surface area contributed by atoms with Gasteiger partial charge in [0.15, 0.2) is 0 Å². The average molecular weight is 308 g/mol. The third-order valence-electron chi connectivity index (χ3n) is 2.95. The number of thiophene rings is 2. The van der Waals surface area contributed by atoms with Crippen molar-refractivity contribution in [2.24, 2.45) is 5.92 Å². The Labute approximate surface area is 128 Å². The molecular formula is C15H20N2OS2. The number of hydrogen-bond donors (Lipinski definition) is 2. The average Bonchev–Trinajstić information content (AvgIpc) is 3.11. The molecule has 0 unspecified atom stereocenters. The van der Waals surface area contributed by atoms with Gasteiger partial charge in [-0.2, -0.15) is 0 Å². The van der Waals surface area contributed by atoms with Crippen molar-refractivity contribution >= 4 is 28.6 Å². The topological polar surface area (TPSA) is 41.1 Å². The number of carbonyl (C=O) groups excluding carboxylic acids is 1. The highest BCUT2D eigenvalue weighted by Crippen LogP contribution is 2.28. The third-order valence-corrected chi connectivity index (χ3v) is 4.83. The molecule has 3 nitrogen and oxygen atoms in total. The van der Waals surface area contributed by atoms with Crippen molar-refractivity contribution in [3.63, 3.8) is 0 Å². The van der Waals surface area contributed by atoms with E-state index in [1.807, 2.05) is 13.8 Å². The molecule has 0 radical (unpaired) electrons. The molecule has 2 aromatic rings. The second kappa shape index (κ2) is 7.57. The third kappa shape index (κ3) is 4.16. The molecule has 0 fully saturated rings. The molecule has 2 aromatic heterocycles. The van der Waals surface area contributed by atoms with E-state index in [1.54, 1.807) is 22.7 Å². The molecule has 108 valence electrons. The summed E-state index contributed by atoms with van der Waals surface area (Å²) in [7, 11) is 0. The molecular weight excluding hydrogens is 288 g/mol. The normalized spacial score (nSPS) is 11.2. The van der Waals surface area contributed by atoms with Crippen molar-refractivity contribution in [1.82, 2.24) is 10.6 Å². The molecule has 0 aliphatic rings. The second-order valence-corrected chi connectivity index (χ2v) is 6.82. The highest BCUT2D eigenvalue weighted by Gasteiger charge is 2.15. The molecule has 0 aliphatic heterocycles. The van der Waals surface area contributed by atoms with Crippen LogP contribution in [-0.4, -0.2) is 19.0 Å². The number of hydrogen-bond acceptors (Lipinski definition) is 4. The minimum Gasteiger partial charge on any atom is -0.355 e. The van der Waals surface area contributed by atoms with Crippen LogP contribution < -0.4 is 10.6 Å². The molecule has 0 saturated carbocycles. The largest absolute Gasteiger partial charge is 0.355 e. The van der Waals surface area contributed by atoms with Crippen LogP contribution in [0, 0.1) is 5.92 Å². The number of rotatable bonds is 7. The molecule has 1 amide bonds. The van der Waals surface area contributed by atoms with Crippen LogP contribution in [-0.2, 0) is 4.79 Å². The summed E-state index contributed by atoms with van der Waals surface area (Å²) in [5.41, 5.74) is 0. The Morgan fingerprint density at radius 3 is 2.15 bits per heavy atom. The first-order valence-corrected chi connectivity index (χ1v) is 8.52. The fraction of sp³-hybridized carbons (Fsp3) is 0.400. The van der Waals surface area contributed by atoms with Gasteiger partial charge in [0.2, 0.25) is 5.91 Å². The molecule has 2 N–H and O–H groups in total. The molecule has 0 aromatic carbocycles. The maximum atomic E-state index is 11.5. The summed E-state index contributed by atoms with van der Waals surface area (Å²) in [6.45, 7) is 5.23. The first kappa shape index (κ1) is 15.2. The van der Waals surface area contributed by atoms with Gasteiger partial charge in [-0.3, -0.25) is 4.79 Å². The van der Waals surface area contributed by atoms with Crippen LogP contribution in [0.1, 0.15) is 29.6 Å². The molecule has 2 rings (SSSR count). The number of amides is 1. The summed E-state index contributed by atoms with van der Waals surface area (Å²) in [6, 6.07) is 8.67. The van der Waals surface area contributed by atoms with Gasteiger partial charge >= 0.3 is 0 Å². The Bertz CT molecular complexity index is 472. The van der Waals surface area contributed by atoms with E-state index in [1.165, 1.54) is 9.75 Å². The summed E-state index contributed by atoms with van der Waals surface area (Å²) in [4.78, 5) is 14.1. The predicted molar refractivity (Wildman–Crippen MR) is 86.3 cm³/mol. The van der Waals surface area contributed by atoms with Crippen LogP contribution in [0.4, 0.5) is 0 Å². The van der Waals surface area contributed by atoms with Gasteiger partial charge in [0.25, 0.3) is 0 Å². The van der Waals surface area contributed by atoms with E-state index in [9.17, 15) is 4.79 Å². The standard InChI is InChI=1S/C15H20N2OS2/c1-11(2)15(18)17-8-7-16-14(12-5-3-9-19-12)13-6-4-10-20-13/h3-6,9-11,14,16H,7-8H2,1-2H3,(H,17,18). The van der Waals surface area contributed by atoms with Crippen molar-refractivity contribution in [1.29, 1.82) is 0 Å². The van der Waals surface area contributed by atoms with E-state index < -0.39 is 0 Å². The van der Waals surface area contributed by atoms with Crippen molar-refractivity contribution in [2.45, 2.75) is 19.9 Å². The molecule has 0 spiro atoms. The Morgan fingerprint density at radius 1 is 1.10 bits per heavy atom. The van der Waals surface area contributed by atoms with Gasteiger partial charge in [0.05, 0.1) is 6.04 Å². The van der Waals surface area contributed by atoms with E-state index >= 15 is 0 Å². The molecule has 5 heteroatoms. The van der Waals surface area contributed by atoms with E-state index in [2.05, 4.69) is 45.7 Å². The lowest BCUT2D eigenvalue weighted by Crippen LogP contribution is -2.35. The van der Waals surface area contributed by atoms with Crippen LogP contribution >= 0.6 is 22.7 Å². The Morgan fingerprint density at radius 2 is 1.70 bits per heavy atom. The molecule has 20 heavy (non-hydrogen) atoms. The van der Waals surface area contributed by atoms with E-state index in [0.29, 0.717) is 6.54 Å². The maximum Gasteiger partial charge on any atom is 0.222 e. The van der Waals surface area contributed by atoms with E-state index in [0.717, 1.165) is 6.54 Å². The van der Waals surface area contributed by atoms with Gasteiger partial charge in [0, 0.05) is 28.8 Å². The first-order chi connectivity index (χ1) is 9.68. The SMILES string of the molecule is CC(C)C(=O)NCCNC(c1cccs1)c1cccs1. The van der Waals surface area contributed by atoms with Crippen molar-refractivity contribution < 1.29 is 4.79 Å². The van der Waals surface area contributed by atoms with Crippen LogP contribution in [0.25, 0.3) is 0 Å². The number of nitrogens with one attached hydrogen (secondary N) is 2. The van der Waals surface area contributed by atoms with E-state index in [-0.39, 0.29) is 17.9 Å². The Kier molecular flexibility index (Phi) is 5.76. The highest BCUT2D eigenvalue weighted by molar-refractivity contribution is 7.11. The lowest BCUT2D eigenvalue weighted by atomic mass is 10.2. The molecule has 0 aliphatic carbocycles. The first-order valence-electron chi connectivity index (χ1n) is 6.76. The van der Waals surface area contributed by atoms with Gasteiger partial charge < -0.3 is 10.6 Å². The summed E-state index contributed by atoms with van der Waals surface area (Å²) in [5.74, 6) is 0.149. The Balaban J connectivity index is 1.88. The van der Waals surface area contributed by atoms with E-state index in [4.69, 9.17) is 0 Å². The second-order valence-electron chi connectivity index (χ2n) is 4.86. The zero-order valence-corrected chi connectivity index (χ0v) is 13.4. The highest BCUT2D eigenvalue weighted by atomic mass is 32.1. The summed E-state index contributed by atoms with van der Waals surface area (Å²) < 4.78 is 0. The summed E-state index contributed by atoms with van der Waals surface area (Å²) in [6.07, 6.45) is 0. The number of carbonyl (C=O) groups is 1. The summed E-state index contributed by atoms with van der Waals surface area (Å²) in [5, 5.41) is 10.6. The monoisotopic (exact) mass is 308 g/mol. The van der Waals surface area contributed by atoms with Crippen LogP contribution in [0.5, 0.6) is 0 Å². The van der Waals surface area contributed by atoms with Gasteiger partial charge in [-0.05, 0) is 22.9 Å². The molecule has 0 atom stereocenters. The maximum absolute atomic E-state index is 11.5. The smallest absolute Gasteiger partial charge is 0.222 e. The molecule has 0 saturated heterocycles.